The molecule has 3 nitrogen and oxygen atoms in total. The zero-order valence-electron chi connectivity index (χ0n) is 13.1. The highest BCUT2D eigenvalue weighted by Crippen LogP contribution is 2.41. The highest BCUT2D eigenvalue weighted by Gasteiger charge is 2.36. The van der Waals surface area contributed by atoms with Gasteiger partial charge in [0.2, 0.25) is 0 Å². The Kier molecular flexibility index (Phi) is 4.16. The van der Waals surface area contributed by atoms with Crippen LogP contribution in [0.5, 0.6) is 0 Å². The van der Waals surface area contributed by atoms with E-state index in [2.05, 4.69) is 36.1 Å². The zero-order valence-corrected chi connectivity index (χ0v) is 13.1. The van der Waals surface area contributed by atoms with Crippen molar-refractivity contribution >= 4 is 0 Å². The van der Waals surface area contributed by atoms with Crippen LogP contribution in [-0.4, -0.2) is 22.4 Å². The van der Waals surface area contributed by atoms with Gasteiger partial charge in [-0.05, 0) is 56.9 Å². The number of rotatable bonds is 7. The second-order valence-electron chi connectivity index (χ2n) is 7.08. The van der Waals surface area contributed by atoms with Crippen molar-refractivity contribution in [1.29, 1.82) is 0 Å². The van der Waals surface area contributed by atoms with Crippen molar-refractivity contribution in [3.63, 3.8) is 0 Å². The first kappa shape index (κ1) is 14.1. The van der Waals surface area contributed by atoms with Gasteiger partial charge in [-0.1, -0.05) is 19.8 Å². The molecule has 1 atom stereocenters. The lowest BCUT2D eigenvalue weighted by molar-refractivity contribution is 0.272. The molecular formula is C17H29N3. The van der Waals surface area contributed by atoms with E-state index in [-0.39, 0.29) is 0 Å². The van der Waals surface area contributed by atoms with Crippen LogP contribution < -0.4 is 5.32 Å². The van der Waals surface area contributed by atoms with Gasteiger partial charge in [-0.2, -0.15) is 5.10 Å². The maximum absolute atomic E-state index is 4.82. The molecule has 1 heterocycles. The summed E-state index contributed by atoms with van der Waals surface area (Å²) >= 11 is 0. The van der Waals surface area contributed by atoms with Gasteiger partial charge in [0, 0.05) is 24.8 Å². The molecule has 1 unspecified atom stereocenters. The molecule has 0 bridgehead atoms. The quantitative estimate of drug-likeness (QED) is 0.822. The van der Waals surface area contributed by atoms with Crippen molar-refractivity contribution in [3.05, 3.63) is 18.0 Å². The Morgan fingerprint density at radius 1 is 1.40 bits per heavy atom. The maximum atomic E-state index is 4.82. The molecule has 0 aromatic carbocycles. The monoisotopic (exact) mass is 275 g/mol. The van der Waals surface area contributed by atoms with Crippen LogP contribution in [0.25, 0.3) is 0 Å². The summed E-state index contributed by atoms with van der Waals surface area (Å²) in [5.74, 6) is 0. The molecule has 2 aliphatic carbocycles. The molecule has 2 aliphatic rings. The van der Waals surface area contributed by atoms with Crippen molar-refractivity contribution in [3.8, 4) is 0 Å². The topological polar surface area (TPSA) is 29.9 Å². The smallest absolute Gasteiger partial charge is 0.0630 e. The van der Waals surface area contributed by atoms with Crippen LogP contribution in [0.15, 0.2) is 12.3 Å². The Morgan fingerprint density at radius 3 is 2.80 bits per heavy atom. The second-order valence-corrected chi connectivity index (χ2v) is 7.08. The molecule has 3 heteroatoms. The first-order valence-corrected chi connectivity index (χ1v) is 8.48. The van der Waals surface area contributed by atoms with Crippen LogP contribution in [0, 0.1) is 5.41 Å². The van der Waals surface area contributed by atoms with Gasteiger partial charge in [0.05, 0.1) is 5.69 Å². The molecule has 3 rings (SSSR count). The summed E-state index contributed by atoms with van der Waals surface area (Å²) in [6, 6.07) is 3.58. The van der Waals surface area contributed by atoms with E-state index in [0.717, 1.165) is 18.9 Å². The second kappa shape index (κ2) is 5.88. The lowest BCUT2D eigenvalue weighted by atomic mass is 9.81. The number of nitrogens with zero attached hydrogens (tertiary/aromatic N) is 2. The first-order chi connectivity index (χ1) is 9.71. The first-order valence-electron chi connectivity index (χ1n) is 8.48. The summed E-state index contributed by atoms with van der Waals surface area (Å²) < 4.78 is 2.15. The lowest BCUT2D eigenvalue weighted by Gasteiger charge is -2.28. The predicted molar refractivity (Wildman–Crippen MR) is 82.9 cm³/mol. The normalized spacial score (nSPS) is 23.1. The van der Waals surface area contributed by atoms with Gasteiger partial charge in [0.15, 0.2) is 0 Å². The van der Waals surface area contributed by atoms with Crippen LogP contribution in [0.4, 0.5) is 0 Å². The van der Waals surface area contributed by atoms with E-state index in [0.29, 0.717) is 11.5 Å². The summed E-state index contributed by atoms with van der Waals surface area (Å²) in [7, 11) is 0. The number of aromatic nitrogens is 2. The minimum atomic E-state index is 0.483. The van der Waals surface area contributed by atoms with Gasteiger partial charge in [-0.3, -0.25) is 4.68 Å². The molecule has 1 aromatic rings. The summed E-state index contributed by atoms with van der Waals surface area (Å²) in [6.07, 6.45) is 12.8. The fourth-order valence-electron chi connectivity index (χ4n) is 3.48. The van der Waals surface area contributed by atoms with Gasteiger partial charge in [0.1, 0.15) is 0 Å². The Labute approximate surface area is 123 Å². The van der Waals surface area contributed by atoms with Crippen LogP contribution in [-0.2, 0) is 6.42 Å². The fraction of sp³-hybridized carbons (Fsp3) is 0.824. The van der Waals surface area contributed by atoms with Crippen LogP contribution in [0.2, 0.25) is 0 Å². The van der Waals surface area contributed by atoms with E-state index in [4.69, 9.17) is 5.10 Å². The summed E-state index contributed by atoms with van der Waals surface area (Å²) in [5, 5.41) is 8.59. The van der Waals surface area contributed by atoms with E-state index < -0.39 is 0 Å². The number of hydrogen-bond acceptors (Lipinski definition) is 2. The molecule has 0 saturated heterocycles. The number of hydrogen-bond donors (Lipinski definition) is 1. The average Bonchev–Trinajstić information content (AvgIpc) is 2.99. The van der Waals surface area contributed by atoms with E-state index in [1.165, 1.54) is 50.8 Å². The molecule has 1 N–H and O–H groups in total. The third kappa shape index (κ3) is 3.25. The third-order valence-corrected chi connectivity index (χ3v) is 5.27. The van der Waals surface area contributed by atoms with E-state index in [1.807, 2.05) is 0 Å². The lowest BCUT2D eigenvalue weighted by Crippen LogP contribution is -2.35. The third-order valence-electron chi connectivity index (χ3n) is 5.27. The van der Waals surface area contributed by atoms with Crippen molar-refractivity contribution in [2.75, 3.05) is 6.54 Å². The predicted octanol–water partition coefficient (Wildman–Crippen LogP) is 3.71. The van der Waals surface area contributed by atoms with Gasteiger partial charge in [-0.25, -0.2) is 0 Å². The largest absolute Gasteiger partial charge is 0.313 e. The minimum Gasteiger partial charge on any atom is -0.313 e. The molecule has 1 aromatic heterocycles. The highest BCUT2D eigenvalue weighted by molar-refractivity contribution is 5.06. The van der Waals surface area contributed by atoms with Crippen LogP contribution in [0.3, 0.4) is 0 Å². The molecule has 2 fully saturated rings. The SMILES string of the molecule is CCC(C)n1ccc(CC2(CNC3CC3)CCCC2)n1. The number of nitrogens with one attached hydrogen (secondary N) is 1. The van der Waals surface area contributed by atoms with Crippen molar-refractivity contribution < 1.29 is 0 Å². The molecular weight excluding hydrogens is 246 g/mol. The maximum Gasteiger partial charge on any atom is 0.0630 e. The van der Waals surface area contributed by atoms with Crippen molar-refractivity contribution in [2.24, 2.45) is 5.41 Å². The Balaban J connectivity index is 1.64. The molecule has 0 amide bonds. The minimum absolute atomic E-state index is 0.483. The molecule has 0 spiro atoms. The standard InChI is InChI=1S/C17H29N3/c1-3-14(2)20-11-8-16(19-20)12-17(9-4-5-10-17)13-18-15-6-7-15/h8,11,14-15,18H,3-7,9-10,12-13H2,1-2H3. The molecule has 112 valence electrons. The van der Waals surface area contributed by atoms with Gasteiger partial charge >= 0.3 is 0 Å². The molecule has 0 radical (unpaired) electrons. The Hall–Kier alpha value is -0.830. The van der Waals surface area contributed by atoms with Crippen molar-refractivity contribution in [1.82, 2.24) is 15.1 Å². The van der Waals surface area contributed by atoms with E-state index >= 15 is 0 Å². The molecule has 2 saturated carbocycles. The summed E-state index contributed by atoms with van der Waals surface area (Å²) in [5.41, 5.74) is 1.78. The Morgan fingerprint density at radius 2 is 2.15 bits per heavy atom. The fourth-order valence-corrected chi connectivity index (χ4v) is 3.48. The van der Waals surface area contributed by atoms with Gasteiger partial charge in [-0.15, -0.1) is 0 Å². The summed E-state index contributed by atoms with van der Waals surface area (Å²) in [4.78, 5) is 0. The highest BCUT2D eigenvalue weighted by atomic mass is 15.3. The average molecular weight is 275 g/mol. The van der Waals surface area contributed by atoms with Crippen LogP contribution >= 0.6 is 0 Å². The van der Waals surface area contributed by atoms with Crippen LogP contribution in [0.1, 0.15) is 70.5 Å². The molecule has 0 aliphatic heterocycles. The summed E-state index contributed by atoms with van der Waals surface area (Å²) in [6.45, 7) is 5.68. The zero-order chi connectivity index (χ0) is 14.0. The Bertz CT molecular complexity index is 427. The van der Waals surface area contributed by atoms with Gasteiger partial charge in [0.25, 0.3) is 0 Å². The van der Waals surface area contributed by atoms with E-state index in [9.17, 15) is 0 Å². The van der Waals surface area contributed by atoms with Crippen molar-refractivity contribution in [2.45, 2.75) is 77.3 Å². The molecule has 20 heavy (non-hydrogen) atoms. The van der Waals surface area contributed by atoms with E-state index in [1.54, 1.807) is 0 Å². The van der Waals surface area contributed by atoms with Gasteiger partial charge < -0.3 is 5.32 Å².